The number of rotatable bonds is 2. The first-order valence-corrected chi connectivity index (χ1v) is 14.1. The summed E-state index contributed by atoms with van der Waals surface area (Å²) in [6, 6.07) is 14.8. The summed E-state index contributed by atoms with van der Waals surface area (Å²) in [7, 11) is 0. The van der Waals surface area contributed by atoms with Crippen LogP contribution in [0.2, 0.25) is 0 Å². The summed E-state index contributed by atoms with van der Waals surface area (Å²) in [4.78, 5) is 17.9. The average Bonchev–Trinajstić information content (AvgIpc) is 3.50. The molecule has 0 radical (unpaired) electrons. The van der Waals surface area contributed by atoms with Crippen molar-refractivity contribution in [3.05, 3.63) is 111 Å². The second-order valence-electron chi connectivity index (χ2n) is 11.5. The summed E-state index contributed by atoms with van der Waals surface area (Å²) < 4.78 is 79.0. The van der Waals surface area contributed by atoms with Gasteiger partial charge in [0.15, 0.2) is 0 Å². The summed E-state index contributed by atoms with van der Waals surface area (Å²) in [5.74, 6) is 0. The number of halogens is 6. The van der Waals surface area contributed by atoms with Crippen LogP contribution in [0.25, 0.3) is 50.0 Å². The van der Waals surface area contributed by atoms with Gasteiger partial charge in [0.05, 0.1) is 22.2 Å². The highest BCUT2D eigenvalue weighted by Crippen LogP contribution is 2.40. The highest BCUT2D eigenvalue weighted by molar-refractivity contribution is 6.11. The molecule has 7 rings (SSSR count). The molecule has 6 nitrogen and oxygen atoms in total. The molecule has 1 atom stereocenters. The van der Waals surface area contributed by atoms with Gasteiger partial charge in [-0.1, -0.05) is 55.5 Å². The van der Waals surface area contributed by atoms with E-state index in [0.717, 1.165) is 24.3 Å². The van der Waals surface area contributed by atoms with Crippen LogP contribution >= 0.6 is 0 Å². The number of allylic oxidation sites excluding steroid dienone is 1. The van der Waals surface area contributed by atoms with Gasteiger partial charge in [-0.25, -0.2) is 9.97 Å². The maximum atomic E-state index is 13.2. The van der Waals surface area contributed by atoms with Crippen LogP contribution in [0.1, 0.15) is 34.7 Å². The van der Waals surface area contributed by atoms with Crippen LogP contribution in [0.15, 0.2) is 82.8 Å². The van der Waals surface area contributed by atoms with Gasteiger partial charge in [-0.15, -0.1) is 0 Å². The molecule has 6 aromatic rings. The SMILES string of the molecule is CC1(c2ccc(C(F)(F)F)cc2)C=Cc2c(c3nc4c(=NC#N)c5cc(-c6ccc(C(F)(F)F)cc6)ccc5c4nc3c2=NC#N)C1. The van der Waals surface area contributed by atoms with Crippen molar-refractivity contribution in [2.45, 2.75) is 31.1 Å². The van der Waals surface area contributed by atoms with Crippen LogP contribution in [0.5, 0.6) is 0 Å². The maximum absolute atomic E-state index is 13.2. The lowest BCUT2D eigenvalue weighted by atomic mass is 9.73. The van der Waals surface area contributed by atoms with Crippen LogP contribution in [0, 0.1) is 22.9 Å². The third-order valence-corrected chi connectivity index (χ3v) is 8.64. The Morgan fingerprint density at radius 1 is 0.681 bits per heavy atom. The van der Waals surface area contributed by atoms with E-state index in [1.54, 1.807) is 30.5 Å². The number of nitrogens with zero attached hydrogens (tertiary/aromatic N) is 6. The lowest BCUT2D eigenvalue weighted by Crippen LogP contribution is -2.26. The average molecular weight is 637 g/mol. The molecule has 1 aromatic heterocycles. The molecule has 5 aromatic carbocycles. The minimum atomic E-state index is -4.48. The highest BCUT2D eigenvalue weighted by atomic mass is 19.4. The van der Waals surface area contributed by atoms with E-state index in [1.165, 1.54) is 24.3 Å². The molecule has 1 heterocycles. The fraction of sp³-hybridized carbons (Fsp3) is 0.143. The second kappa shape index (κ2) is 10.3. The Kier molecular flexibility index (Phi) is 6.55. The Balaban J connectivity index is 1.42. The van der Waals surface area contributed by atoms with Crippen LogP contribution in [0.4, 0.5) is 26.3 Å². The Morgan fingerprint density at radius 3 is 1.85 bits per heavy atom. The van der Waals surface area contributed by atoms with Gasteiger partial charge >= 0.3 is 12.4 Å². The Morgan fingerprint density at radius 2 is 1.23 bits per heavy atom. The first-order valence-electron chi connectivity index (χ1n) is 14.1. The van der Waals surface area contributed by atoms with E-state index in [2.05, 4.69) is 9.98 Å². The van der Waals surface area contributed by atoms with E-state index < -0.39 is 28.9 Å². The number of benzene rings is 3. The van der Waals surface area contributed by atoms with Crippen LogP contribution in [-0.2, 0) is 24.2 Å². The van der Waals surface area contributed by atoms with Gasteiger partial charge in [0.25, 0.3) is 0 Å². The molecule has 1 aliphatic rings. The van der Waals surface area contributed by atoms with Crippen molar-refractivity contribution >= 4 is 38.9 Å². The Hall–Kier alpha value is -5.88. The summed E-state index contributed by atoms with van der Waals surface area (Å²) in [5, 5.41) is 20.8. The van der Waals surface area contributed by atoms with E-state index in [9.17, 15) is 36.9 Å². The van der Waals surface area contributed by atoms with Crippen molar-refractivity contribution in [2.24, 2.45) is 9.98 Å². The molecule has 230 valence electrons. The minimum absolute atomic E-state index is 0.228. The topological polar surface area (TPSA) is 98.1 Å². The molecule has 0 fully saturated rings. The number of nitriles is 2. The van der Waals surface area contributed by atoms with Gasteiger partial charge in [0.2, 0.25) is 12.4 Å². The lowest BCUT2D eigenvalue weighted by molar-refractivity contribution is -0.138. The number of alkyl halides is 6. The van der Waals surface area contributed by atoms with Crippen molar-refractivity contribution in [1.82, 2.24) is 9.97 Å². The molecule has 1 aliphatic carbocycles. The quantitative estimate of drug-likeness (QED) is 0.143. The molecule has 0 aliphatic heterocycles. The third-order valence-electron chi connectivity index (χ3n) is 8.64. The lowest BCUT2D eigenvalue weighted by Gasteiger charge is -2.30. The van der Waals surface area contributed by atoms with Gasteiger partial charge in [-0.05, 0) is 59.0 Å². The smallest absolute Gasteiger partial charge is 0.242 e. The van der Waals surface area contributed by atoms with Gasteiger partial charge in [0.1, 0.15) is 21.7 Å². The van der Waals surface area contributed by atoms with E-state index in [4.69, 9.17) is 9.97 Å². The first-order chi connectivity index (χ1) is 22.3. The van der Waals surface area contributed by atoms with E-state index in [0.29, 0.717) is 72.4 Å². The number of aromatic nitrogens is 2. The highest BCUT2D eigenvalue weighted by Gasteiger charge is 2.35. The molecule has 0 amide bonds. The monoisotopic (exact) mass is 636 g/mol. The van der Waals surface area contributed by atoms with Gasteiger partial charge in [0, 0.05) is 21.8 Å². The summed E-state index contributed by atoms with van der Waals surface area (Å²) in [6.45, 7) is 1.89. The fourth-order valence-electron chi connectivity index (χ4n) is 6.28. The van der Waals surface area contributed by atoms with Gasteiger partial charge in [-0.2, -0.15) is 46.9 Å². The molecule has 0 N–H and O–H groups in total. The first kappa shape index (κ1) is 29.8. The van der Waals surface area contributed by atoms with Gasteiger partial charge < -0.3 is 0 Å². The van der Waals surface area contributed by atoms with Crippen LogP contribution in [0.3, 0.4) is 0 Å². The number of hydrogen-bond acceptors (Lipinski definition) is 6. The predicted molar refractivity (Wildman–Crippen MR) is 161 cm³/mol. The number of hydrogen-bond donors (Lipinski definition) is 0. The normalized spacial score (nSPS) is 17.4. The molecular formula is C35H18F6N6. The zero-order chi connectivity index (χ0) is 33.3. The predicted octanol–water partition coefficient (Wildman–Crippen LogP) is 7.81. The van der Waals surface area contributed by atoms with Crippen LogP contribution < -0.4 is 10.7 Å². The van der Waals surface area contributed by atoms with Crippen molar-refractivity contribution in [2.75, 3.05) is 0 Å². The largest absolute Gasteiger partial charge is 0.416 e. The molecule has 47 heavy (non-hydrogen) atoms. The molecule has 0 saturated carbocycles. The summed E-state index contributed by atoms with van der Waals surface area (Å²) in [5.41, 5.74) is 2.24. The van der Waals surface area contributed by atoms with E-state index in [1.807, 2.05) is 19.2 Å². The fourth-order valence-corrected chi connectivity index (χ4v) is 6.28. The van der Waals surface area contributed by atoms with Crippen molar-refractivity contribution in [3.63, 3.8) is 0 Å². The molecule has 0 bridgehead atoms. The van der Waals surface area contributed by atoms with Gasteiger partial charge in [-0.3, -0.25) is 0 Å². The Bertz CT molecular complexity index is 2490. The van der Waals surface area contributed by atoms with E-state index >= 15 is 0 Å². The molecular weight excluding hydrogens is 618 g/mol. The minimum Gasteiger partial charge on any atom is -0.242 e. The van der Waals surface area contributed by atoms with E-state index in [-0.39, 0.29) is 5.36 Å². The maximum Gasteiger partial charge on any atom is 0.416 e. The molecule has 1 unspecified atom stereocenters. The standard InChI is InChI=1S/C35H18F6N6/c1-33(20-7-9-22(10-8-20)35(39,40)41)13-12-24-26(15-33)30-31(27(24)44-16-42)46-29-23-11-4-19(14-25(23)28(45-17-43)32(29)47-30)18-2-5-21(6-3-18)34(36,37)38/h2-14H,15H2,1H3. The van der Waals surface area contributed by atoms with Crippen molar-refractivity contribution < 1.29 is 26.3 Å². The zero-order valence-electron chi connectivity index (χ0n) is 24.2. The molecule has 12 heteroatoms. The second-order valence-corrected chi connectivity index (χ2v) is 11.5. The summed E-state index contributed by atoms with van der Waals surface area (Å²) in [6.07, 6.45) is -1.38. The summed E-state index contributed by atoms with van der Waals surface area (Å²) >= 11 is 0. The molecule has 0 spiro atoms. The van der Waals surface area contributed by atoms with Crippen molar-refractivity contribution in [3.8, 4) is 23.5 Å². The zero-order valence-corrected chi connectivity index (χ0v) is 24.2. The third kappa shape index (κ3) is 4.81. The Labute approximate surface area is 261 Å². The van der Waals surface area contributed by atoms with Crippen LogP contribution in [-0.4, -0.2) is 9.97 Å². The molecule has 0 saturated heterocycles. The van der Waals surface area contributed by atoms with Crippen molar-refractivity contribution in [1.29, 1.82) is 10.5 Å². The number of fused-ring (bicyclic) bond motifs is 6.